The van der Waals surface area contributed by atoms with E-state index >= 15 is 0 Å². The topological polar surface area (TPSA) is 50.2 Å². The number of hydrogen-bond acceptors (Lipinski definition) is 6. The average molecular weight is 467 g/mol. The van der Waals surface area contributed by atoms with Gasteiger partial charge < -0.3 is 4.74 Å². The summed E-state index contributed by atoms with van der Waals surface area (Å²) in [6.07, 6.45) is 8.35. The first kappa shape index (κ1) is 23.4. The summed E-state index contributed by atoms with van der Waals surface area (Å²) in [5, 5.41) is 1.98. The van der Waals surface area contributed by atoms with E-state index in [4.69, 9.17) is 19.6 Å². The summed E-state index contributed by atoms with van der Waals surface area (Å²) >= 11 is 0. The fourth-order valence-corrected chi connectivity index (χ4v) is 5.11. The zero-order chi connectivity index (χ0) is 23.2. The van der Waals surface area contributed by atoms with Crippen molar-refractivity contribution < 1.29 is 14.0 Å². The van der Waals surface area contributed by atoms with Crippen molar-refractivity contribution in [3.63, 3.8) is 0 Å². The summed E-state index contributed by atoms with van der Waals surface area (Å²) in [5.41, 5.74) is 3.63. The van der Waals surface area contributed by atoms with Crippen LogP contribution in [-0.2, 0) is 9.57 Å². The van der Waals surface area contributed by atoms with Crippen LogP contribution in [0, 0.1) is 11.7 Å². The number of aromatic nitrogens is 1. The maximum absolute atomic E-state index is 13.4. The Kier molecular flexibility index (Phi) is 7.83. The third kappa shape index (κ3) is 6.01. The van der Waals surface area contributed by atoms with Crippen LogP contribution in [0.15, 0.2) is 41.4 Å². The van der Waals surface area contributed by atoms with Crippen LogP contribution in [0.1, 0.15) is 44.9 Å². The number of fused-ring (bicyclic) bond motifs is 1. The zero-order valence-electron chi connectivity index (χ0n) is 19.9. The number of pyridine rings is 1. The summed E-state index contributed by atoms with van der Waals surface area (Å²) < 4.78 is 18.9. The lowest BCUT2D eigenvalue weighted by molar-refractivity contribution is 0.0376. The summed E-state index contributed by atoms with van der Waals surface area (Å²) in [4.78, 5) is 18.8. The molecule has 2 aliphatic heterocycles. The number of rotatable bonds is 7. The van der Waals surface area contributed by atoms with Gasteiger partial charge in [-0.3, -0.25) is 14.7 Å². The lowest BCUT2D eigenvalue weighted by Gasteiger charge is -2.29. The molecule has 6 nitrogen and oxygen atoms in total. The maximum atomic E-state index is 13.4. The quantitative estimate of drug-likeness (QED) is 0.547. The van der Waals surface area contributed by atoms with Crippen molar-refractivity contribution in [2.75, 3.05) is 51.1 Å². The van der Waals surface area contributed by atoms with Crippen molar-refractivity contribution in [1.29, 1.82) is 0 Å². The molecule has 182 valence electrons. The molecule has 0 amide bonds. The number of nitrogens with zero attached hydrogens (tertiary/aromatic N) is 4. The van der Waals surface area contributed by atoms with Crippen LogP contribution >= 0.6 is 0 Å². The van der Waals surface area contributed by atoms with Crippen LogP contribution in [0.4, 0.5) is 15.9 Å². The standard InChI is InChI=1S/C27H35FN4O2/c28-23-10-8-22(9-11-23)25-12-13-26-27(30-25)32(19-21-5-2-1-3-6-21)34-20-24(29-26)7-4-14-31-15-17-33-18-16-31/h8-13,21H,1-7,14-20H2. The Morgan fingerprint density at radius 3 is 2.56 bits per heavy atom. The number of benzene rings is 1. The maximum Gasteiger partial charge on any atom is 0.179 e. The van der Waals surface area contributed by atoms with Gasteiger partial charge in [-0.25, -0.2) is 14.4 Å². The van der Waals surface area contributed by atoms with Gasteiger partial charge in [-0.1, -0.05) is 19.3 Å². The van der Waals surface area contributed by atoms with Gasteiger partial charge in [0.15, 0.2) is 5.82 Å². The number of morpholine rings is 1. The Morgan fingerprint density at radius 1 is 0.971 bits per heavy atom. The van der Waals surface area contributed by atoms with Crippen LogP contribution in [-0.4, -0.2) is 61.6 Å². The SMILES string of the molecule is Fc1ccc(-c2ccc3c(n2)N(CC2CCCCC2)OCC(CCCN2CCOCC2)=N3)cc1. The highest BCUT2D eigenvalue weighted by molar-refractivity contribution is 5.90. The van der Waals surface area contributed by atoms with E-state index in [-0.39, 0.29) is 5.82 Å². The summed E-state index contributed by atoms with van der Waals surface area (Å²) in [6, 6.07) is 10.5. The molecule has 1 aliphatic carbocycles. The van der Waals surface area contributed by atoms with Gasteiger partial charge in [-0.05, 0) is 74.5 Å². The summed E-state index contributed by atoms with van der Waals surface area (Å²) in [7, 11) is 0. The average Bonchev–Trinajstić information content (AvgIpc) is 3.05. The third-order valence-electron chi connectivity index (χ3n) is 7.09. The second-order valence-corrected chi connectivity index (χ2v) is 9.62. The fraction of sp³-hybridized carbons (Fsp3) is 0.556. The fourth-order valence-electron chi connectivity index (χ4n) is 5.11. The Morgan fingerprint density at radius 2 is 1.76 bits per heavy atom. The highest BCUT2D eigenvalue weighted by atomic mass is 19.1. The van der Waals surface area contributed by atoms with Gasteiger partial charge in [-0.15, -0.1) is 0 Å². The molecule has 34 heavy (non-hydrogen) atoms. The molecule has 0 unspecified atom stereocenters. The van der Waals surface area contributed by atoms with Gasteiger partial charge in [0.1, 0.15) is 18.1 Å². The van der Waals surface area contributed by atoms with Crippen LogP contribution in [0.3, 0.4) is 0 Å². The molecule has 1 saturated heterocycles. The van der Waals surface area contributed by atoms with Crippen molar-refractivity contribution in [1.82, 2.24) is 9.88 Å². The van der Waals surface area contributed by atoms with Gasteiger partial charge >= 0.3 is 0 Å². The second kappa shape index (κ2) is 11.4. The van der Waals surface area contributed by atoms with Gasteiger partial charge in [0.2, 0.25) is 0 Å². The van der Waals surface area contributed by atoms with E-state index in [2.05, 4.69) is 4.90 Å². The van der Waals surface area contributed by atoms with Crippen LogP contribution in [0.5, 0.6) is 0 Å². The van der Waals surface area contributed by atoms with Crippen molar-refractivity contribution in [3.05, 3.63) is 42.2 Å². The molecule has 1 aromatic heterocycles. The molecular weight excluding hydrogens is 431 g/mol. The molecule has 5 rings (SSSR count). The first-order valence-corrected chi connectivity index (χ1v) is 12.8. The van der Waals surface area contributed by atoms with Crippen LogP contribution < -0.4 is 5.06 Å². The number of hydrogen-bond donors (Lipinski definition) is 0. The van der Waals surface area contributed by atoms with Gasteiger partial charge in [-0.2, -0.15) is 0 Å². The predicted molar refractivity (Wildman–Crippen MR) is 133 cm³/mol. The largest absolute Gasteiger partial charge is 0.379 e. The van der Waals surface area contributed by atoms with Crippen LogP contribution in [0.2, 0.25) is 0 Å². The smallest absolute Gasteiger partial charge is 0.179 e. The van der Waals surface area contributed by atoms with Crippen molar-refractivity contribution >= 4 is 17.2 Å². The molecule has 1 aromatic carbocycles. The van der Waals surface area contributed by atoms with E-state index in [1.165, 1.54) is 44.2 Å². The normalized spacial score (nSPS) is 20.0. The second-order valence-electron chi connectivity index (χ2n) is 9.62. The van der Waals surface area contributed by atoms with Gasteiger partial charge in [0.05, 0.1) is 25.5 Å². The van der Waals surface area contributed by atoms with E-state index in [0.29, 0.717) is 12.5 Å². The van der Waals surface area contributed by atoms with E-state index in [0.717, 1.165) is 80.7 Å². The molecule has 7 heteroatoms. The highest BCUT2D eigenvalue weighted by Crippen LogP contribution is 2.35. The van der Waals surface area contributed by atoms with Crippen molar-refractivity contribution in [2.24, 2.45) is 10.9 Å². The van der Waals surface area contributed by atoms with Crippen LogP contribution in [0.25, 0.3) is 11.3 Å². The molecule has 3 heterocycles. The lowest BCUT2D eigenvalue weighted by Crippen LogP contribution is -2.37. The highest BCUT2D eigenvalue weighted by Gasteiger charge is 2.25. The van der Waals surface area contributed by atoms with Gasteiger partial charge in [0.25, 0.3) is 0 Å². The first-order chi connectivity index (χ1) is 16.7. The molecule has 0 spiro atoms. The summed E-state index contributed by atoms with van der Waals surface area (Å²) in [5.74, 6) is 1.14. The lowest BCUT2D eigenvalue weighted by atomic mass is 9.89. The molecule has 2 aromatic rings. The zero-order valence-corrected chi connectivity index (χ0v) is 19.9. The Labute approximate surface area is 201 Å². The Hall–Kier alpha value is -2.35. The van der Waals surface area contributed by atoms with E-state index in [1.54, 1.807) is 12.1 Å². The van der Waals surface area contributed by atoms with E-state index in [9.17, 15) is 4.39 Å². The number of hydroxylamine groups is 1. The molecule has 0 N–H and O–H groups in total. The van der Waals surface area contributed by atoms with E-state index in [1.807, 2.05) is 17.2 Å². The number of ether oxygens (including phenoxy) is 1. The van der Waals surface area contributed by atoms with Gasteiger partial charge in [0, 0.05) is 24.4 Å². The molecule has 3 aliphatic rings. The minimum absolute atomic E-state index is 0.243. The number of halogens is 1. The molecule has 0 radical (unpaired) electrons. The first-order valence-electron chi connectivity index (χ1n) is 12.8. The Bertz CT molecular complexity index is 969. The molecule has 1 saturated carbocycles. The predicted octanol–water partition coefficient (Wildman–Crippen LogP) is 5.40. The minimum Gasteiger partial charge on any atom is -0.379 e. The number of anilines is 1. The van der Waals surface area contributed by atoms with E-state index < -0.39 is 0 Å². The number of aliphatic imine (C=N–C) groups is 1. The van der Waals surface area contributed by atoms with Crippen molar-refractivity contribution in [3.8, 4) is 11.3 Å². The third-order valence-corrected chi connectivity index (χ3v) is 7.09. The van der Waals surface area contributed by atoms with Crippen molar-refractivity contribution in [2.45, 2.75) is 44.9 Å². The molecular formula is C27H35FN4O2. The Balaban J connectivity index is 1.34. The summed E-state index contributed by atoms with van der Waals surface area (Å²) in [6.45, 7) is 6.07. The molecule has 2 fully saturated rings. The molecule has 0 bridgehead atoms. The monoisotopic (exact) mass is 466 g/mol. The minimum atomic E-state index is -0.243. The molecule has 0 atom stereocenters.